The molecule has 0 atom stereocenters. The van der Waals surface area contributed by atoms with Gasteiger partial charge in [-0.25, -0.2) is 0 Å². The Morgan fingerprint density at radius 1 is 1.62 bits per heavy atom. The van der Waals surface area contributed by atoms with Gasteiger partial charge in [-0.2, -0.15) is 0 Å². The Balaban J connectivity index is 2.63. The molecule has 1 aliphatic rings. The van der Waals surface area contributed by atoms with Gasteiger partial charge < -0.3 is 10.4 Å². The van der Waals surface area contributed by atoms with Crippen molar-refractivity contribution in [2.75, 3.05) is 20.1 Å². The van der Waals surface area contributed by atoms with Crippen molar-refractivity contribution in [3.05, 3.63) is 0 Å². The molecule has 13 heavy (non-hydrogen) atoms. The molecule has 76 valence electrons. The topological polar surface area (TPSA) is 52.6 Å². The van der Waals surface area contributed by atoms with E-state index >= 15 is 0 Å². The Morgan fingerprint density at radius 2 is 2.15 bits per heavy atom. The molecule has 1 aliphatic heterocycles. The fourth-order valence-corrected chi connectivity index (χ4v) is 1.74. The van der Waals surface area contributed by atoms with Gasteiger partial charge in [-0.3, -0.25) is 9.69 Å². The maximum absolute atomic E-state index is 10.7. The lowest BCUT2D eigenvalue weighted by Crippen LogP contribution is -2.69. The van der Waals surface area contributed by atoms with Crippen LogP contribution in [0, 0.1) is 0 Å². The predicted molar refractivity (Wildman–Crippen MR) is 50.8 cm³/mol. The Morgan fingerprint density at radius 3 is 2.38 bits per heavy atom. The van der Waals surface area contributed by atoms with E-state index in [2.05, 4.69) is 24.1 Å². The number of hydrogen-bond donors (Lipinski definition) is 2. The van der Waals surface area contributed by atoms with Gasteiger partial charge in [-0.1, -0.05) is 0 Å². The zero-order valence-electron chi connectivity index (χ0n) is 8.50. The first-order valence-corrected chi connectivity index (χ1v) is 4.63. The molecule has 1 fully saturated rings. The molecule has 1 heterocycles. The van der Waals surface area contributed by atoms with Crippen molar-refractivity contribution in [2.45, 2.75) is 31.8 Å². The van der Waals surface area contributed by atoms with Crippen LogP contribution in [0.1, 0.15) is 20.3 Å². The first-order chi connectivity index (χ1) is 5.98. The molecule has 4 nitrogen and oxygen atoms in total. The van der Waals surface area contributed by atoms with E-state index in [-0.39, 0.29) is 12.0 Å². The SMILES string of the molecule is CC(C)N(C)C1(CC(=O)O)CNC1. The highest BCUT2D eigenvalue weighted by Gasteiger charge is 2.43. The maximum Gasteiger partial charge on any atom is 0.305 e. The lowest BCUT2D eigenvalue weighted by molar-refractivity contribution is -0.142. The fraction of sp³-hybridized carbons (Fsp3) is 0.889. The van der Waals surface area contributed by atoms with Gasteiger partial charge in [0.05, 0.1) is 12.0 Å². The highest BCUT2D eigenvalue weighted by atomic mass is 16.4. The van der Waals surface area contributed by atoms with Crippen molar-refractivity contribution in [3.63, 3.8) is 0 Å². The number of nitrogens with one attached hydrogen (secondary N) is 1. The maximum atomic E-state index is 10.7. The first-order valence-electron chi connectivity index (χ1n) is 4.63. The average molecular weight is 186 g/mol. The minimum atomic E-state index is -0.714. The van der Waals surface area contributed by atoms with Crippen LogP contribution in [0.25, 0.3) is 0 Å². The van der Waals surface area contributed by atoms with Crippen LogP contribution in [0.3, 0.4) is 0 Å². The average Bonchev–Trinajstić information content (AvgIpc) is 1.95. The molecule has 0 aromatic heterocycles. The molecular weight excluding hydrogens is 168 g/mol. The summed E-state index contributed by atoms with van der Waals surface area (Å²) in [5.41, 5.74) is -0.153. The molecule has 4 heteroatoms. The van der Waals surface area contributed by atoms with Crippen molar-refractivity contribution >= 4 is 5.97 Å². The Hall–Kier alpha value is -0.610. The molecule has 0 aliphatic carbocycles. The minimum absolute atomic E-state index is 0.153. The zero-order chi connectivity index (χ0) is 10.1. The first kappa shape index (κ1) is 10.5. The third-order valence-electron chi connectivity index (χ3n) is 2.91. The van der Waals surface area contributed by atoms with Crippen molar-refractivity contribution in [1.82, 2.24) is 10.2 Å². The summed E-state index contributed by atoms with van der Waals surface area (Å²) in [6.45, 7) is 5.74. The molecular formula is C9H18N2O2. The van der Waals surface area contributed by atoms with E-state index in [0.29, 0.717) is 6.04 Å². The molecule has 0 unspecified atom stereocenters. The molecule has 2 N–H and O–H groups in total. The van der Waals surface area contributed by atoms with Crippen LogP contribution in [-0.2, 0) is 4.79 Å². The predicted octanol–water partition coefficient (Wildman–Crippen LogP) is 0.143. The van der Waals surface area contributed by atoms with E-state index < -0.39 is 5.97 Å². The van der Waals surface area contributed by atoms with Gasteiger partial charge in [0, 0.05) is 19.1 Å². The van der Waals surface area contributed by atoms with E-state index in [9.17, 15) is 4.79 Å². The van der Waals surface area contributed by atoms with Crippen LogP contribution in [-0.4, -0.2) is 47.7 Å². The summed E-state index contributed by atoms with van der Waals surface area (Å²) in [4.78, 5) is 12.8. The van der Waals surface area contributed by atoms with Gasteiger partial charge in [0.25, 0.3) is 0 Å². The van der Waals surface area contributed by atoms with E-state index in [4.69, 9.17) is 5.11 Å². The second kappa shape index (κ2) is 3.64. The quantitative estimate of drug-likeness (QED) is 0.656. The largest absolute Gasteiger partial charge is 0.481 e. The van der Waals surface area contributed by atoms with Crippen LogP contribution in [0.2, 0.25) is 0 Å². The highest BCUT2D eigenvalue weighted by molar-refractivity contribution is 5.68. The summed E-state index contributed by atoms with van der Waals surface area (Å²) < 4.78 is 0. The molecule has 0 bridgehead atoms. The summed E-state index contributed by atoms with van der Waals surface area (Å²) in [6, 6.07) is 0.390. The smallest absolute Gasteiger partial charge is 0.305 e. The number of carboxylic acid groups (broad SMARTS) is 1. The van der Waals surface area contributed by atoms with Gasteiger partial charge in [-0.05, 0) is 20.9 Å². The van der Waals surface area contributed by atoms with Crippen LogP contribution in [0.5, 0.6) is 0 Å². The summed E-state index contributed by atoms with van der Waals surface area (Å²) >= 11 is 0. The van der Waals surface area contributed by atoms with Gasteiger partial charge in [-0.15, -0.1) is 0 Å². The Labute approximate surface area is 78.9 Å². The molecule has 0 saturated carbocycles. The standard InChI is InChI=1S/C9H18N2O2/c1-7(2)11(3)9(4-8(12)13)5-10-6-9/h7,10H,4-6H2,1-3H3,(H,12,13). The third-order valence-corrected chi connectivity index (χ3v) is 2.91. The molecule has 0 aromatic carbocycles. The van der Waals surface area contributed by atoms with Crippen LogP contribution < -0.4 is 5.32 Å². The summed E-state index contributed by atoms with van der Waals surface area (Å²) in [7, 11) is 1.99. The molecule has 1 saturated heterocycles. The molecule has 0 radical (unpaired) electrons. The van der Waals surface area contributed by atoms with Gasteiger partial charge in [0.1, 0.15) is 0 Å². The Bertz CT molecular complexity index is 200. The number of rotatable bonds is 4. The van der Waals surface area contributed by atoms with E-state index in [1.165, 1.54) is 0 Å². The molecule has 1 rings (SSSR count). The molecule has 0 aromatic rings. The van der Waals surface area contributed by atoms with Crippen molar-refractivity contribution in [3.8, 4) is 0 Å². The van der Waals surface area contributed by atoms with Gasteiger partial charge >= 0.3 is 5.97 Å². The lowest BCUT2D eigenvalue weighted by atomic mass is 9.86. The number of aliphatic carboxylic acids is 1. The number of likely N-dealkylation sites (N-methyl/N-ethyl adjacent to an activating group) is 1. The second-order valence-electron chi connectivity index (χ2n) is 4.10. The van der Waals surface area contributed by atoms with Crippen molar-refractivity contribution in [2.24, 2.45) is 0 Å². The fourth-order valence-electron chi connectivity index (χ4n) is 1.74. The van der Waals surface area contributed by atoms with E-state index in [1.807, 2.05) is 7.05 Å². The molecule has 0 amide bonds. The zero-order valence-corrected chi connectivity index (χ0v) is 8.50. The number of hydrogen-bond acceptors (Lipinski definition) is 3. The molecule has 0 spiro atoms. The van der Waals surface area contributed by atoms with E-state index in [1.54, 1.807) is 0 Å². The monoisotopic (exact) mass is 186 g/mol. The number of carbonyl (C=O) groups is 1. The minimum Gasteiger partial charge on any atom is -0.481 e. The van der Waals surface area contributed by atoms with E-state index in [0.717, 1.165) is 13.1 Å². The Kier molecular flexibility index (Phi) is 2.93. The van der Waals surface area contributed by atoms with Crippen LogP contribution in [0.4, 0.5) is 0 Å². The lowest BCUT2D eigenvalue weighted by Gasteiger charge is -2.50. The second-order valence-corrected chi connectivity index (χ2v) is 4.10. The number of nitrogens with zero attached hydrogens (tertiary/aromatic N) is 1. The van der Waals surface area contributed by atoms with Crippen molar-refractivity contribution in [1.29, 1.82) is 0 Å². The normalized spacial score (nSPS) is 20.4. The highest BCUT2D eigenvalue weighted by Crippen LogP contribution is 2.25. The van der Waals surface area contributed by atoms with Crippen LogP contribution >= 0.6 is 0 Å². The third kappa shape index (κ3) is 2.00. The van der Waals surface area contributed by atoms with Crippen LogP contribution in [0.15, 0.2) is 0 Å². The number of carboxylic acids is 1. The summed E-state index contributed by atoms with van der Waals surface area (Å²) in [6.07, 6.45) is 0.231. The van der Waals surface area contributed by atoms with Gasteiger partial charge in [0.15, 0.2) is 0 Å². The summed E-state index contributed by atoms with van der Waals surface area (Å²) in [5.74, 6) is -0.714. The summed E-state index contributed by atoms with van der Waals surface area (Å²) in [5, 5.41) is 11.9. The van der Waals surface area contributed by atoms with Gasteiger partial charge in [0.2, 0.25) is 0 Å². The van der Waals surface area contributed by atoms with Crippen molar-refractivity contribution < 1.29 is 9.90 Å².